The number of thiophene rings is 1. The molecule has 0 bridgehead atoms. The highest BCUT2D eigenvalue weighted by Gasteiger charge is 2.34. The number of aryl methyl sites for hydroxylation is 1. The third-order valence-corrected chi connectivity index (χ3v) is 7.77. The second-order valence-corrected chi connectivity index (χ2v) is 10.4. The van der Waals surface area contributed by atoms with Crippen LogP contribution in [0.15, 0.2) is 120 Å². The van der Waals surface area contributed by atoms with Crippen molar-refractivity contribution in [2.75, 3.05) is 4.90 Å². The summed E-state index contributed by atoms with van der Waals surface area (Å²) in [7, 11) is 0. The second kappa shape index (κ2) is 11.6. The second-order valence-electron chi connectivity index (χ2n) is 9.62. The van der Waals surface area contributed by atoms with Crippen LogP contribution < -0.4 is 14.4 Å². The zero-order chi connectivity index (χ0) is 26.4. The van der Waals surface area contributed by atoms with Crippen molar-refractivity contribution in [1.29, 1.82) is 0 Å². The highest BCUT2D eigenvalue weighted by atomic mass is 32.1. The van der Waals surface area contributed by atoms with Crippen LogP contribution in [0, 0.1) is 0 Å². The Balaban J connectivity index is 1.35. The van der Waals surface area contributed by atoms with Gasteiger partial charge in [-0.05, 0) is 70.1 Å². The van der Waals surface area contributed by atoms with Gasteiger partial charge in [0.15, 0.2) is 0 Å². The Morgan fingerprint density at radius 3 is 2.21 bits per heavy atom. The molecule has 5 heteroatoms. The van der Waals surface area contributed by atoms with Crippen molar-refractivity contribution in [3.05, 3.63) is 148 Å². The summed E-state index contributed by atoms with van der Waals surface area (Å²) >= 11 is 1.66. The summed E-state index contributed by atoms with van der Waals surface area (Å²) in [6.45, 7) is 0.791. The van der Waals surface area contributed by atoms with Gasteiger partial charge in [-0.25, -0.2) is 0 Å². The summed E-state index contributed by atoms with van der Waals surface area (Å²) < 4.78 is 12.4. The van der Waals surface area contributed by atoms with E-state index < -0.39 is 0 Å². The predicted molar refractivity (Wildman–Crippen MR) is 157 cm³/mol. The molecule has 194 valence electrons. The molecule has 1 unspecified atom stereocenters. The first kappa shape index (κ1) is 25.0. The summed E-state index contributed by atoms with van der Waals surface area (Å²) in [4.78, 5) is 16.4. The van der Waals surface area contributed by atoms with Gasteiger partial charge in [-0.2, -0.15) is 11.3 Å². The van der Waals surface area contributed by atoms with Gasteiger partial charge in [0.2, 0.25) is 0 Å². The van der Waals surface area contributed by atoms with E-state index in [9.17, 15) is 4.79 Å². The Labute approximate surface area is 233 Å². The number of carbonyl (C=O) groups is 1. The van der Waals surface area contributed by atoms with Crippen LogP contribution in [0.5, 0.6) is 11.5 Å². The van der Waals surface area contributed by atoms with Crippen molar-refractivity contribution < 1.29 is 14.3 Å². The molecule has 0 N–H and O–H groups in total. The summed E-state index contributed by atoms with van der Waals surface area (Å²) in [5, 5.41) is 4.22. The Bertz CT molecular complexity index is 1530. The standard InChI is InChI=1S/C34H29NO3S/c36-34(35-31-14-8-7-13-27(31)15-18-32(35)28-19-20-39-24-28)30-17-16-29(37-22-25-9-3-1-4-10-25)21-33(30)38-23-26-11-5-2-6-12-26/h1-14,16-17,19-21,24,32H,15,18,22-23H2. The fourth-order valence-electron chi connectivity index (χ4n) is 5.07. The van der Waals surface area contributed by atoms with E-state index in [1.807, 2.05) is 102 Å². The maximum atomic E-state index is 14.4. The van der Waals surface area contributed by atoms with E-state index in [4.69, 9.17) is 9.47 Å². The summed E-state index contributed by atoms with van der Waals surface area (Å²) in [5.74, 6) is 1.10. The Hall–Kier alpha value is -4.35. The van der Waals surface area contributed by atoms with Crippen LogP contribution in [-0.4, -0.2) is 5.91 Å². The number of fused-ring (bicyclic) bond motifs is 1. The van der Waals surface area contributed by atoms with E-state index in [1.165, 1.54) is 5.56 Å². The van der Waals surface area contributed by atoms with E-state index in [2.05, 4.69) is 22.9 Å². The van der Waals surface area contributed by atoms with Crippen LogP contribution in [-0.2, 0) is 19.6 Å². The number of hydrogen-bond donors (Lipinski definition) is 0. The number of benzene rings is 4. The van der Waals surface area contributed by atoms with Gasteiger partial charge in [-0.15, -0.1) is 0 Å². The lowest BCUT2D eigenvalue weighted by Gasteiger charge is -2.37. The van der Waals surface area contributed by atoms with E-state index in [0.29, 0.717) is 30.3 Å². The van der Waals surface area contributed by atoms with Gasteiger partial charge >= 0.3 is 0 Å². The zero-order valence-corrected chi connectivity index (χ0v) is 22.3. The minimum atomic E-state index is -0.0731. The van der Waals surface area contributed by atoms with Crippen molar-refractivity contribution in [2.45, 2.75) is 32.1 Å². The van der Waals surface area contributed by atoms with Gasteiger partial charge in [-0.3, -0.25) is 4.79 Å². The molecule has 0 radical (unpaired) electrons. The fourth-order valence-corrected chi connectivity index (χ4v) is 5.78. The largest absolute Gasteiger partial charge is 0.489 e. The van der Waals surface area contributed by atoms with E-state index >= 15 is 0 Å². The average Bonchev–Trinajstić information content (AvgIpc) is 3.54. The molecular weight excluding hydrogens is 502 g/mol. The molecule has 0 aliphatic carbocycles. The van der Waals surface area contributed by atoms with E-state index in [-0.39, 0.29) is 11.9 Å². The first-order valence-electron chi connectivity index (χ1n) is 13.2. The van der Waals surface area contributed by atoms with Crippen molar-refractivity contribution >= 4 is 22.9 Å². The Morgan fingerprint density at radius 2 is 1.49 bits per heavy atom. The molecule has 4 aromatic carbocycles. The van der Waals surface area contributed by atoms with E-state index in [0.717, 1.165) is 35.2 Å². The van der Waals surface area contributed by atoms with Crippen molar-refractivity contribution in [3.63, 3.8) is 0 Å². The van der Waals surface area contributed by atoms with Crippen LogP contribution in [0.1, 0.15) is 45.1 Å². The maximum Gasteiger partial charge on any atom is 0.262 e. The number of rotatable bonds is 8. The van der Waals surface area contributed by atoms with Crippen LogP contribution in [0.3, 0.4) is 0 Å². The maximum absolute atomic E-state index is 14.4. The molecule has 1 aromatic heterocycles. The van der Waals surface area contributed by atoms with Crippen molar-refractivity contribution in [2.24, 2.45) is 0 Å². The molecule has 1 aliphatic rings. The molecule has 1 amide bonds. The summed E-state index contributed by atoms with van der Waals surface area (Å²) in [6, 6.07) is 35.9. The Morgan fingerprint density at radius 1 is 0.795 bits per heavy atom. The minimum absolute atomic E-state index is 0.0327. The van der Waals surface area contributed by atoms with Crippen LogP contribution >= 0.6 is 11.3 Å². The summed E-state index contributed by atoms with van der Waals surface area (Å²) in [6.07, 6.45) is 1.81. The fraction of sp³-hybridized carbons (Fsp3) is 0.147. The van der Waals surface area contributed by atoms with Crippen molar-refractivity contribution in [1.82, 2.24) is 0 Å². The van der Waals surface area contributed by atoms with Crippen LogP contribution in [0.4, 0.5) is 5.69 Å². The quantitative estimate of drug-likeness (QED) is 0.202. The number of anilines is 1. The molecule has 0 saturated carbocycles. The number of amides is 1. The molecule has 1 aliphatic heterocycles. The Kier molecular flexibility index (Phi) is 7.41. The molecule has 39 heavy (non-hydrogen) atoms. The first-order chi connectivity index (χ1) is 19.3. The van der Waals surface area contributed by atoms with Gasteiger partial charge in [0, 0.05) is 11.8 Å². The molecule has 2 heterocycles. The summed E-state index contributed by atoms with van der Waals surface area (Å²) in [5.41, 5.74) is 5.95. The van der Waals surface area contributed by atoms with Crippen LogP contribution in [0.2, 0.25) is 0 Å². The minimum Gasteiger partial charge on any atom is -0.489 e. The number of ether oxygens (including phenoxy) is 2. The third-order valence-electron chi connectivity index (χ3n) is 7.07. The van der Waals surface area contributed by atoms with Gasteiger partial charge in [0.1, 0.15) is 24.7 Å². The lowest BCUT2D eigenvalue weighted by molar-refractivity contribution is 0.0968. The lowest BCUT2D eigenvalue weighted by Crippen LogP contribution is -2.38. The number of hydrogen-bond acceptors (Lipinski definition) is 4. The van der Waals surface area contributed by atoms with Crippen molar-refractivity contribution in [3.8, 4) is 11.5 Å². The molecule has 0 fully saturated rings. The normalized spacial score (nSPS) is 14.5. The monoisotopic (exact) mass is 531 g/mol. The van der Waals surface area contributed by atoms with Gasteiger partial charge < -0.3 is 14.4 Å². The molecule has 5 aromatic rings. The average molecular weight is 532 g/mol. The molecule has 0 spiro atoms. The molecule has 1 atom stereocenters. The SMILES string of the molecule is O=C(c1ccc(OCc2ccccc2)cc1OCc1ccccc1)N1c2ccccc2CCC1c1ccsc1. The molecule has 0 saturated heterocycles. The van der Waals surface area contributed by atoms with Gasteiger partial charge in [0.05, 0.1) is 11.6 Å². The van der Waals surface area contributed by atoms with Gasteiger partial charge in [0.25, 0.3) is 5.91 Å². The highest BCUT2D eigenvalue weighted by Crippen LogP contribution is 2.41. The number of nitrogens with zero attached hydrogens (tertiary/aromatic N) is 1. The first-order valence-corrected chi connectivity index (χ1v) is 14.1. The zero-order valence-electron chi connectivity index (χ0n) is 21.5. The highest BCUT2D eigenvalue weighted by molar-refractivity contribution is 7.08. The lowest BCUT2D eigenvalue weighted by atomic mass is 9.91. The number of carbonyl (C=O) groups excluding carboxylic acids is 1. The number of para-hydroxylation sites is 1. The molecule has 6 rings (SSSR count). The van der Waals surface area contributed by atoms with Crippen LogP contribution in [0.25, 0.3) is 0 Å². The van der Waals surface area contributed by atoms with Gasteiger partial charge in [-0.1, -0.05) is 78.9 Å². The predicted octanol–water partition coefficient (Wildman–Crippen LogP) is 8.24. The molecular formula is C34H29NO3S. The third kappa shape index (κ3) is 5.59. The smallest absolute Gasteiger partial charge is 0.262 e. The molecule has 4 nitrogen and oxygen atoms in total. The topological polar surface area (TPSA) is 38.8 Å². The van der Waals surface area contributed by atoms with E-state index in [1.54, 1.807) is 11.3 Å².